The van der Waals surface area contributed by atoms with Crippen LogP contribution in [-0.4, -0.2) is 65.2 Å². The van der Waals surface area contributed by atoms with Gasteiger partial charge in [-0.1, -0.05) is 0 Å². The number of nitrogens with zero attached hydrogens (tertiary/aromatic N) is 4. The molecule has 0 aliphatic carbocycles. The average Bonchev–Trinajstić information content (AvgIpc) is 2.58. The second-order valence-corrected chi connectivity index (χ2v) is 6.88. The predicted octanol–water partition coefficient (Wildman–Crippen LogP) is 1.43. The summed E-state index contributed by atoms with van der Waals surface area (Å²) >= 11 is 0. The van der Waals surface area contributed by atoms with Gasteiger partial charge in [0, 0.05) is 51.5 Å². The highest BCUT2D eigenvalue weighted by Gasteiger charge is 2.22. The van der Waals surface area contributed by atoms with Crippen molar-refractivity contribution < 1.29 is 15.7 Å². The second kappa shape index (κ2) is 8.64. The Morgan fingerprint density at radius 3 is 2.48 bits per heavy atom. The van der Waals surface area contributed by atoms with Crippen molar-refractivity contribution in [3.05, 3.63) is 18.4 Å². The van der Waals surface area contributed by atoms with Crippen molar-refractivity contribution in [3.63, 3.8) is 0 Å². The maximum Gasteiger partial charge on any atom is 0.407 e. The molecule has 2 rings (SSSR count). The number of amides is 2. The molecule has 0 saturated carbocycles. The molecule has 0 spiro atoms. The van der Waals surface area contributed by atoms with Crippen LogP contribution in [0.3, 0.4) is 0 Å². The lowest BCUT2D eigenvalue weighted by molar-refractivity contribution is -0.131. The molecule has 1 saturated heterocycles. The van der Waals surface area contributed by atoms with Crippen LogP contribution in [0.25, 0.3) is 0 Å². The van der Waals surface area contributed by atoms with Crippen molar-refractivity contribution in [2.45, 2.75) is 39.2 Å². The third kappa shape index (κ3) is 6.56. The molecule has 1 fully saturated rings. The topological polar surface area (TPSA) is 87.7 Å². The minimum absolute atomic E-state index is 0.0815. The van der Waals surface area contributed by atoms with Gasteiger partial charge in [0.2, 0.25) is 11.9 Å². The maximum atomic E-state index is 12.3. The van der Waals surface area contributed by atoms with Crippen LogP contribution >= 0.6 is 0 Å². The zero-order valence-corrected chi connectivity index (χ0v) is 15.1. The molecule has 1 aliphatic rings. The van der Waals surface area contributed by atoms with Crippen LogP contribution < -0.4 is 10.2 Å². The summed E-state index contributed by atoms with van der Waals surface area (Å²) in [5, 5.41) is 2.66. The first kappa shape index (κ1) is 17.4. The largest absolute Gasteiger partial charge is 0.444 e. The molecule has 0 radical (unpaired) electrons. The molecule has 0 atom stereocenters. The van der Waals surface area contributed by atoms with Gasteiger partial charge in [0.15, 0.2) is 0 Å². The molecule has 2 heterocycles. The molecule has 0 unspecified atom stereocenters. The molecule has 2 amide bonds. The minimum atomic E-state index is -0.524. The molecule has 25 heavy (non-hydrogen) atoms. The summed E-state index contributed by atoms with van der Waals surface area (Å²) < 4.78 is 12.6. The van der Waals surface area contributed by atoms with E-state index in [1.165, 1.54) is 12.4 Å². The zero-order valence-electron chi connectivity index (χ0n) is 16.1. The maximum absolute atomic E-state index is 12.3. The number of aromatic nitrogens is 2. The fourth-order valence-corrected chi connectivity index (χ4v) is 2.48. The number of ether oxygens (including phenoxy) is 1. The first-order chi connectivity index (χ1) is 12.2. The summed E-state index contributed by atoms with van der Waals surface area (Å²) in [5.41, 5.74) is -0.524. The van der Waals surface area contributed by atoms with E-state index in [-0.39, 0.29) is 11.9 Å². The van der Waals surface area contributed by atoms with Crippen LogP contribution in [-0.2, 0) is 9.53 Å². The molecule has 1 aromatic rings. The number of carbonyl (C=O) groups excluding carboxylic acids is 2. The van der Waals surface area contributed by atoms with Crippen LogP contribution in [0.1, 0.15) is 35.0 Å². The lowest BCUT2D eigenvalue weighted by Crippen LogP contribution is -2.49. The van der Waals surface area contributed by atoms with Crippen molar-refractivity contribution in [1.29, 1.82) is 0 Å². The minimum Gasteiger partial charge on any atom is -0.444 e. The number of piperazine rings is 1. The van der Waals surface area contributed by atoms with E-state index in [1.807, 2.05) is 30.6 Å². The van der Waals surface area contributed by atoms with Crippen LogP contribution in [0.15, 0.2) is 18.4 Å². The Bertz CT molecular complexity index is 610. The Morgan fingerprint density at radius 2 is 1.88 bits per heavy atom. The molecule has 0 aromatic carbocycles. The summed E-state index contributed by atoms with van der Waals surface area (Å²) in [6.45, 7) is 8.40. The van der Waals surface area contributed by atoms with Gasteiger partial charge < -0.3 is 19.9 Å². The quantitative estimate of drug-likeness (QED) is 0.808. The van der Waals surface area contributed by atoms with Crippen LogP contribution in [0.5, 0.6) is 0 Å². The van der Waals surface area contributed by atoms with Crippen LogP contribution in [0.2, 0.25) is 0 Å². The van der Waals surface area contributed by atoms with Crippen LogP contribution in [0, 0.1) is 0 Å². The predicted molar refractivity (Wildman–Crippen MR) is 94.3 cm³/mol. The Kier molecular flexibility index (Phi) is 6.03. The SMILES string of the molecule is [2H]c1cnc(N2CCN(C(=O)CCCNC(=O)OC(C)(C)C)CC2)nc1. The number of nitrogens with one attached hydrogen (secondary N) is 1. The van der Waals surface area contributed by atoms with Gasteiger partial charge in [-0.3, -0.25) is 4.79 Å². The normalized spacial score (nSPS) is 15.6. The number of hydrogen-bond acceptors (Lipinski definition) is 6. The van der Waals surface area contributed by atoms with Gasteiger partial charge in [0.25, 0.3) is 0 Å². The lowest BCUT2D eigenvalue weighted by Gasteiger charge is -2.34. The highest BCUT2D eigenvalue weighted by atomic mass is 16.6. The number of rotatable bonds is 5. The number of carbonyl (C=O) groups is 2. The molecule has 138 valence electrons. The van der Waals surface area contributed by atoms with Crippen LogP contribution in [0.4, 0.5) is 10.7 Å². The molecule has 8 heteroatoms. The van der Waals surface area contributed by atoms with E-state index in [2.05, 4.69) is 15.3 Å². The van der Waals surface area contributed by atoms with E-state index in [0.29, 0.717) is 51.5 Å². The summed E-state index contributed by atoms with van der Waals surface area (Å²) in [4.78, 5) is 35.9. The second-order valence-electron chi connectivity index (χ2n) is 6.88. The summed E-state index contributed by atoms with van der Waals surface area (Å²) in [7, 11) is 0. The lowest BCUT2D eigenvalue weighted by atomic mass is 10.2. The standard InChI is InChI=1S/C17H27N5O3/c1-17(2,3)25-16(24)20-7-4-6-14(23)21-10-12-22(13-11-21)15-18-8-5-9-19-15/h5,8-9H,4,6-7,10-13H2,1-3H3,(H,20,24)/i5D. The van der Waals surface area contributed by atoms with Crippen molar-refractivity contribution >= 4 is 17.9 Å². The zero-order chi connectivity index (χ0) is 19.2. The smallest absolute Gasteiger partial charge is 0.407 e. The summed E-state index contributed by atoms with van der Waals surface area (Å²) in [6, 6.07) is 0.280. The number of hydrogen-bond donors (Lipinski definition) is 1. The average molecular weight is 350 g/mol. The van der Waals surface area contributed by atoms with E-state index >= 15 is 0 Å². The van der Waals surface area contributed by atoms with Crippen molar-refractivity contribution in [2.24, 2.45) is 0 Å². The van der Waals surface area contributed by atoms with Gasteiger partial charge in [-0.05, 0) is 33.2 Å². The van der Waals surface area contributed by atoms with Crippen molar-refractivity contribution in [1.82, 2.24) is 20.2 Å². The van der Waals surface area contributed by atoms with E-state index in [1.54, 1.807) is 0 Å². The van der Waals surface area contributed by atoms with Gasteiger partial charge in [-0.25, -0.2) is 14.8 Å². The number of alkyl carbamates (subject to hydrolysis) is 1. The van der Waals surface area contributed by atoms with Gasteiger partial charge in [-0.15, -0.1) is 0 Å². The summed E-state index contributed by atoms with van der Waals surface area (Å²) in [5.74, 6) is 0.674. The van der Waals surface area contributed by atoms with Gasteiger partial charge in [0.05, 0.1) is 1.37 Å². The van der Waals surface area contributed by atoms with Gasteiger partial charge >= 0.3 is 6.09 Å². The molecule has 1 N–H and O–H groups in total. The number of anilines is 1. The van der Waals surface area contributed by atoms with E-state index < -0.39 is 11.7 Å². The first-order valence-electron chi connectivity index (χ1n) is 9.03. The Balaban J connectivity index is 1.65. The molecule has 1 aromatic heterocycles. The molecular formula is C17H27N5O3. The molecule has 0 bridgehead atoms. The van der Waals surface area contributed by atoms with E-state index in [0.717, 1.165) is 0 Å². The van der Waals surface area contributed by atoms with Crippen molar-refractivity contribution in [2.75, 3.05) is 37.6 Å². The fraction of sp³-hybridized carbons (Fsp3) is 0.647. The third-order valence-corrected chi connectivity index (χ3v) is 3.66. The van der Waals surface area contributed by atoms with Gasteiger partial charge in [0.1, 0.15) is 5.60 Å². The third-order valence-electron chi connectivity index (χ3n) is 3.66. The summed E-state index contributed by atoms with van der Waals surface area (Å²) in [6.07, 6.45) is 3.44. The molecule has 8 nitrogen and oxygen atoms in total. The molecule has 1 aliphatic heterocycles. The Labute approximate surface area is 150 Å². The monoisotopic (exact) mass is 350 g/mol. The van der Waals surface area contributed by atoms with Gasteiger partial charge in [-0.2, -0.15) is 0 Å². The highest BCUT2D eigenvalue weighted by Crippen LogP contribution is 2.11. The van der Waals surface area contributed by atoms with E-state index in [4.69, 9.17) is 6.11 Å². The Hall–Kier alpha value is -2.38. The fourth-order valence-electron chi connectivity index (χ4n) is 2.48. The highest BCUT2D eigenvalue weighted by molar-refractivity contribution is 5.76. The van der Waals surface area contributed by atoms with E-state index in [9.17, 15) is 9.59 Å². The Morgan fingerprint density at radius 1 is 1.24 bits per heavy atom. The first-order valence-corrected chi connectivity index (χ1v) is 8.53. The van der Waals surface area contributed by atoms with Crippen molar-refractivity contribution in [3.8, 4) is 0 Å². The molecular weight excluding hydrogens is 322 g/mol.